The van der Waals surface area contributed by atoms with Crippen molar-refractivity contribution >= 4 is 28.5 Å². The molecule has 5 nitrogen and oxygen atoms in total. The van der Waals surface area contributed by atoms with E-state index in [1.54, 1.807) is 25.1 Å². The molecule has 0 unspecified atom stereocenters. The predicted molar refractivity (Wildman–Crippen MR) is 90.3 cm³/mol. The molecule has 1 N–H and O–H groups in total. The van der Waals surface area contributed by atoms with E-state index in [-0.39, 0.29) is 17.2 Å². The summed E-state index contributed by atoms with van der Waals surface area (Å²) in [5.74, 6) is -0.874. The molecule has 0 aliphatic carbocycles. The van der Waals surface area contributed by atoms with Gasteiger partial charge in [0.1, 0.15) is 5.75 Å². The number of esters is 1. The Bertz CT molecular complexity index is 795. The summed E-state index contributed by atoms with van der Waals surface area (Å²) in [5.41, 5.74) is -0.415. The van der Waals surface area contributed by atoms with Gasteiger partial charge in [-0.1, -0.05) is 31.5 Å². The van der Waals surface area contributed by atoms with Crippen LogP contribution in [0.1, 0.15) is 37.6 Å². The molecule has 0 fully saturated rings. The van der Waals surface area contributed by atoms with Crippen LogP contribution in [-0.4, -0.2) is 22.2 Å². The van der Waals surface area contributed by atoms with Gasteiger partial charge in [-0.25, -0.2) is 4.79 Å². The molecule has 0 aliphatic rings. The monoisotopic (exact) mass is 337 g/mol. The molecule has 2 rings (SSSR count). The van der Waals surface area contributed by atoms with Crippen LogP contribution in [0.4, 0.5) is 0 Å². The lowest BCUT2D eigenvalue weighted by Crippen LogP contribution is -2.28. The molecule has 2 aromatic rings. The lowest BCUT2D eigenvalue weighted by atomic mass is 10.1. The van der Waals surface area contributed by atoms with E-state index in [0.717, 1.165) is 6.42 Å². The maximum atomic E-state index is 12.7. The Balaban J connectivity index is 2.79. The molecule has 1 heterocycles. The fourth-order valence-corrected chi connectivity index (χ4v) is 2.70. The van der Waals surface area contributed by atoms with Gasteiger partial charge in [-0.15, -0.1) is 0 Å². The molecule has 0 aliphatic heterocycles. The number of benzene rings is 1. The predicted octanol–water partition coefficient (Wildman–Crippen LogP) is 3.58. The van der Waals surface area contributed by atoms with E-state index >= 15 is 0 Å². The number of ether oxygens (including phenoxy) is 1. The van der Waals surface area contributed by atoms with Crippen LogP contribution in [0.3, 0.4) is 0 Å². The molecule has 1 aromatic heterocycles. The van der Waals surface area contributed by atoms with Crippen molar-refractivity contribution in [2.75, 3.05) is 6.61 Å². The molecule has 0 amide bonds. The summed E-state index contributed by atoms with van der Waals surface area (Å²) in [6.07, 6.45) is 0.758. The highest BCUT2D eigenvalue weighted by Gasteiger charge is 2.24. The fraction of sp³-hybridized carbons (Fsp3) is 0.412. The SMILES string of the molecule is CCOC(=O)c1c(O)c2c(Cl)cccc2n(CCC(C)C)c1=O. The number of pyridine rings is 1. The van der Waals surface area contributed by atoms with E-state index in [9.17, 15) is 14.7 Å². The number of aromatic hydroxyl groups is 1. The Hall–Kier alpha value is -2.01. The molecule has 0 saturated heterocycles. The number of aromatic nitrogens is 1. The van der Waals surface area contributed by atoms with E-state index in [1.807, 2.05) is 13.8 Å². The minimum atomic E-state index is -0.838. The molecular formula is C17H20ClNO4. The first kappa shape index (κ1) is 17.3. The number of hydrogen-bond acceptors (Lipinski definition) is 4. The summed E-state index contributed by atoms with van der Waals surface area (Å²) in [5, 5.41) is 11.0. The number of aryl methyl sites for hydroxylation is 1. The first-order valence-electron chi connectivity index (χ1n) is 7.59. The third-order valence-corrected chi connectivity index (χ3v) is 3.94. The summed E-state index contributed by atoms with van der Waals surface area (Å²) < 4.78 is 6.38. The van der Waals surface area contributed by atoms with Crippen molar-refractivity contribution < 1.29 is 14.6 Å². The number of rotatable bonds is 5. The quantitative estimate of drug-likeness (QED) is 0.847. The van der Waals surface area contributed by atoms with Gasteiger partial charge in [0.2, 0.25) is 0 Å². The maximum Gasteiger partial charge on any atom is 0.347 e. The average molecular weight is 338 g/mol. The van der Waals surface area contributed by atoms with Gasteiger partial charge in [0.05, 0.1) is 22.5 Å². The minimum Gasteiger partial charge on any atom is -0.506 e. The van der Waals surface area contributed by atoms with E-state index in [2.05, 4.69) is 0 Å². The third kappa shape index (κ3) is 3.34. The van der Waals surface area contributed by atoms with Crippen LogP contribution in [0.15, 0.2) is 23.0 Å². The van der Waals surface area contributed by atoms with Gasteiger partial charge in [0.25, 0.3) is 5.56 Å². The zero-order valence-corrected chi connectivity index (χ0v) is 14.2. The largest absolute Gasteiger partial charge is 0.506 e. The molecular weight excluding hydrogens is 318 g/mol. The molecule has 23 heavy (non-hydrogen) atoms. The fourth-order valence-electron chi connectivity index (χ4n) is 2.44. The Morgan fingerprint density at radius 2 is 2.09 bits per heavy atom. The third-order valence-electron chi connectivity index (χ3n) is 3.62. The summed E-state index contributed by atoms with van der Waals surface area (Å²) in [6.45, 7) is 6.28. The molecule has 6 heteroatoms. The van der Waals surface area contributed by atoms with E-state index in [0.29, 0.717) is 23.4 Å². The van der Waals surface area contributed by atoms with Crippen LogP contribution in [0.25, 0.3) is 10.9 Å². The number of nitrogens with zero attached hydrogens (tertiary/aromatic N) is 1. The lowest BCUT2D eigenvalue weighted by Gasteiger charge is -2.16. The topological polar surface area (TPSA) is 68.5 Å². The number of hydrogen-bond donors (Lipinski definition) is 1. The van der Waals surface area contributed by atoms with Gasteiger partial charge in [-0.2, -0.15) is 0 Å². The first-order chi connectivity index (χ1) is 10.9. The van der Waals surface area contributed by atoms with Gasteiger partial charge in [0, 0.05) is 6.54 Å². The normalized spacial score (nSPS) is 11.2. The van der Waals surface area contributed by atoms with Gasteiger partial charge < -0.3 is 14.4 Å². The van der Waals surface area contributed by atoms with Crippen LogP contribution in [0, 0.1) is 5.92 Å². The Labute approximate surface area is 139 Å². The van der Waals surface area contributed by atoms with Gasteiger partial charge in [0.15, 0.2) is 5.56 Å². The van der Waals surface area contributed by atoms with Crippen molar-refractivity contribution in [1.82, 2.24) is 4.57 Å². The highest BCUT2D eigenvalue weighted by molar-refractivity contribution is 6.36. The van der Waals surface area contributed by atoms with Crippen LogP contribution in [0.2, 0.25) is 5.02 Å². The van der Waals surface area contributed by atoms with Gasteiger partial charge in [-0.3, -0.25) is 4.79 Å². The van der Waals surface area contributed by atoms with Crippen LogP contribution >= 0.6 is 11.6 Å². The zero-order chi connectivity index (χ0) is 17.1. The maximum absolute atomic E-state index is 12.7. The number of carbonyl (C=O) groups excluding carboxylic acids is 1. The van der Waals surface area contributed by atoms with Crippen LogP contribution in [-0.2, 0) is 11.3 Å². The van der Waals surface area contributed by atoms with Crippen molar-refractivity contribution in [3.8, 4) is 5.75 Å². The van der Waals surface area contributed by atoms with Crippen molar-refractivity contribution in [3.05, 3.63) is 39.1 Å². The molecule has 0 bridgehead atoms. The lowest BCUT2D eigenvalue weighted by molar-refractivity contribution is 0.0520. The number of carbonyl (C=O) groups is 1. The summed E-state index contributed by atoms with van der Waals surface area (Å²) in [7, 11) is 0. The molecule has 124 valence electrons. The second-order valence-electron chi connectivity index (χ2n) is 5.72. The van der Waals surface area contributed by atoms with Crippen molar-refractivity contribution in [3.63, 3.8) is 0 Å². The zero-order valence-electron chi connectivity index (χ0n) is 13.4. The van der Waals surface area contributed by atoms with Gasteiger partial charge in [-0.05, 0) is 31.4 Å². The van der Waals surface area contributed by atoms with Crippen LogP contribution < -0.4 is 5.56 Å². The summed E-state index contributed by atoms with van der Waals surface area (Å²) in [4.78, 5) is 24.8. The molecule has 0 saturated carbocycles. The number of fused-ring (bicyclic) bond motifs is 1. The van der Waals surface area contributed by atoms with Crippen LogP contribution in [0.5, 0.6) is 5.75 Å². The molecule has 1 aromatic carbocycles. The van der Waals surface area contributed by atoms with E-state index in [4.69, 9.17) is 16.3 Å². The van der Waals surface area contributed by atoms with Crippen molar-refractivity contribution in [2.45, 2.75) is 33.7 Å². The average Bonchev–Trinajstić information content (AvgIpc) is 2.46. The first-order valence-corrected chi connectivity index (χ1v) is 7.97. The summed E-state index contributed by atoms with van der Waals surface area (Å²) >= 11 is 6.18. The smallest absolute Gasteiger partial charge is 0.347 e. The molecule has 0 radical (unpaired) electrons. The van der Waals surface area contributed by atoms with Crippen molar-refractivity contribution in [2.24, 2.45) is 5.92 Å². The molecule has 0 atom stereocenters. The minimum absolute atomic E-state index is 0.115. The molecule has 0 spiro atoms. The highest BCUT2D eigenvalue weighted by Crippen LogP contribution is 2.33. The van der Waals surface area contributed by atoms with Gasteiger partial charge >= 0.3 is 5.97 Å². The Morgan fingerprint density at radius 3 is 2.70 bits per heavy atom. The standard InChI is InChI=1S/C17H20ClNO4/c1-4-23-17(22)14-15(20)13-11(18)6-5-7-12(13)19(16(14)21)9-8-10(2)3/h5-7,10,20H,4,8-9H2,1-3H3. The van der Waals surface area contributed by atoms with E-state index in [1.165, 1.54) is 4.57 Å². The second-order valence-corrected chi connectivity index (χ2v) is 6.12. The summed E-state index contributed by atoms with van der Waals surface area (Å²) in [6, 6.07) is 5.02. The second kappa shape index (κ2) is 7.04. The highest BCUT2D eigenvalue weighted by atomic mass is 35.5. The Morgan fingerprint density at radius 1 is 1.39 bits per heavy atom. The number of halogens is 1. The van der Waals surface area contributed by atoms with Crippen molar-refractivity contribution in [1.29, 1.82) is 0 Å². The van der Waals surface area contributed by atoms with E-state index < -0.39 is 17.3 Å². The Kier molecular flexibility index (Phi) is 5.31.